The number of alkyl halides is 3. The predicted molar refractivity (Wildman–Crippen MR) is 61.1 cm³/mol. The molecule has 104 valence electrons. The van der Waals surface area contributed by atoms with Gasteiger partial charge in [-0.1, -0.05) is 0 Å². The SMILES string of the molecule is O=C(O)c1cc(-c2ccc(OC(F)(F)F)cc2)ncn1. The zero-order valence-corrected chi connectivity index (χ0v) is 9.76. The number of nitrogens with zero attached hydrogens (tertiary/aromatic N) is 2. The third kappa shape index (κ3) is 3.44. The zero-order chi connectivity index (χ0) is 14.8. The van der Waals surface area contributed by atoms with E-state index < -0.39 is 12.3 Å². The number of halogens is 3. The van der Waals surface area contributed by atoms with E-state index >= 15 is 0 Å². The molecule has 0 unspecified atom stereocenters. The van der Waals surface area contributed by atoms with Crippen LogP contribution in [-0.2, 0) is 0 Å². The second kappa shape index (κ2) is 5.16. The summed E-state index contributed by atoms with van der Waals surface area (Å²) in [5.74, 6) is -1.58. The van der Waals surface area contributed by atoms with Crippen LogP contribution in [0.5, 0.6) is 5.75 Å². The highest BCUT2D eigenvalue weighted by Gasteiger charge is 2.30. The van der Waals surface area contributed by atoms with E-state index in [2.05, 4.69) is 14.7 Å². The first kappa shape index (κ1) is 13.8. The number of carbonyl (C=O) groups is 1. The number of benzene rings is 1. The normalized spacial score (nSPS) is 11.2. The number of aromatic nitrogens is 2. The maximum absolute atomic E-state index is 12.0. The van der Waals surface area contributed by atoms with Crippen LogP contribution >= 0.6 is 0 Å². The summed E-state index contributed by atoms with van der Waals surface area (Å²) in [7, 11) is 0. The molecule has 5 nitrogen and oxygen atoms in total. The van der Waals surface area contributed by atoms with Gasteiger partial charge in [0.1, 0.15) is 12.1 Å². The second-order valence-corrected chi connectivity index (χ2v) is 3.67. The summed E-state index contributed by atoms with van der Waals surface area (Å²) < 4.78 is 39.7. The molecule has 0 spiro atoms. The van der Waals surface area contributed by atoms with Crippen LogP contribution in [0.4, 0.5) is 13.2 Å². The van der Waals surface area contributed by atoms with Crippen LogP contribution in [0.25, 0.3) is 11.3 Å². The Morgan fingerprint density at radius 3 is 2.35 bits per heavy atom. The van der Waals surface area contributed by atoms with E-state index in [1.165, 1.54) is 18.2 Å². The van der Waals surface area contributed by atoms with Crippen molar-refractivity contribution >= 4 is 5.97 Å². The highest BCUT2D eigenvalue weighted by atomic mass is 19.4. The number of rotatable bonds is 3. The summed E-state index contributed by atoms with van der Waals surface area (Å²) in [5, 5.41) is 8.79. The zero-order valence-electron chi connectivity index (χ0n) is 9.76. The predicted octanol–water partition coefficient (Wildman–Crippen LogP) is 2.74. The largest absolute Gasteiger partial charge is 0.573 e. The first-order valence-electron chi connectivity index (χ1n) is 5.27. The molecule has 0 aliphatic carbocycles. The van der Waals surface area contributed by atoms with Gasteiger partial charge in [-0.3, -0.25) is 0 Å². The number of carboxylic acids is 1. The topological polar surface area (TPSA) is 72.3 Å². The first-order chi connectivity index (χ1) is 9.35. The fourth-order valence-corrected chi connectivity index (χ4v) is 1.46. The van der Waals surface area contributed by atoms with Crippen LogP contribution in [0.1, 0.15) is 10.5 Å². The van der Waals surface area contributed by atoms with Gasteiger partial charge in [0.2, 0.25) is 0 Å². The smallest absolute Gasteiger partial charge is 0.477 e. The molecule has 2 aromatic rings. The van der Waals surface area contributed by atoms with Crippen LogP contribution in [0.15, 0.2) is 36.7 Å². The van der Waals surface area contributed by atoms with Crippen LogP contribution in [0, 0.1) is 0 Å². The van der Waals surface area contributed by atoms with Crippen LogP contribution in [-0.4, -0.2) is 27.4 Å². The molecule has 0 radical (unpaired) electrons. The molecule has 0 atom stereocenters. The molecule has 0 aliphatic heterocycles. The maximum Gasteiger partial charge on any atom is 0.573 e. The van der Waals surface area contributed by atoms with E-state index in [1.54, 1.807) is 0 Å². The molecule has 1 aromatic carbocycles. The Labute approximate surface area is 110 Å². The van der Waals surface area contributed by atoms with Crippen molar-refractivity contribution in [1.29, 1.82) is 0 Å². The number of hydrogen-bond donors (Lipinski definition) is 1. The molecular formula is C12H7F3N2O3. The summed E-state index contributed by atoms with van der Waals surface area (Å²) in [5.41, 5.74) is 0.533. The first-order valence-corrected chi connectivity index (χ1v) is 5.27. The van der Waals surface area contributed by atoms with Gasteiger partial charge in [-0.2, -0.15) is 0 Å². The highest BCUT2D eigenvalue weighted by Crippen LogP contribution is 2.25. The van der Waals surface area contributed by atoms with Crippen molar-refractivity contribution < 1.29 is 27.8 Å². The number of ether oxygens (including phenoxy) is 1. The van der Waals surface area contributed by atoms with E-state index in [0.717, 1.165) is 18.5 Å². The van der Waals surface area contributed by atoms with Crippen molar-refractivity contribution in [3.05, 3.63) is 42.4 Å². The van der Waals surface area contributed by atoms with Crippen molar-refractivity contribution in [2.45, 2.75) is 6.36 Å². The van der Waals surface area contributed by atoms with Gasteiger partial charge >= 0.3 is 12.3 Å². The van der Waals surface area contributed by atoms with E-state index in [9.17, 15) is 18.0 Å². The van der Waals surface area contributed by atoms with Gasteiger partial charge in [0, 0.05) is 5.56 Å². The molecule has 20 heavy (non-hydrogen) atoms. The summed E-state index contributed by atoms with van der Waals surface area (Å²) in [4.78, 5) is 18.2. The minimum Gasteiger partial charge on any atom is -0.477 e. The Balaban J connectivity index is 2.26. The van der Waals surface area contributed by atoms with Crippen LogP contribution in [0.3, 0.4) is 0 Å². The van der Waals surface area contributed by atoms with Crippen molar-refractivity contribution in [1.82, 2.24) is 9.97 Å². The van der Waals surface area contributed by atoms with Crippen LogP contribution < -0.4 is 4.74 Å². The quantitative estimate of drug-likeness (QED) is 0.938. The van der Waals surface area contributed by atoms with E-state index in [0.29, 0.717) is 5.56 Å². The fourth-order valence-electron chi connectivity index (χ4n) is 1.46. The monoisotopic (exact) mass is 284 g/mol. The van der Waals surface area contributed by atoms with Crippen molar-refractivity contribution in [3.8, 4) is 17.0 Å². The van der Waals surface area contributed by atoms with Crippen LogP contribution in [0.2, 0.25) is 0 Å². The maximum atomic E-state index is 12.0. The molecule has 1 aromatic heterocycles. The molecule has 0 aliphatic rings. The standard InChI is InChI=1S/C12H7F3N2O3/c13-12(14,15)20-8-3-1-7(2-4-8)9-5-10(11(18)19)17-6-16-9/h1-6H,(H,18,19). The summed E-state index contributed by atoms with van der Waals surface area (Å²) >= 11 is 0. The lowest BCUT2D eigenvalue weighted by molar-refractivity contribution is -0.274. The molecule has 0 amide bonds. The van der Waals surface area contributed by atoms with Gasteiger partial charge in [-0.05, 0) is 30.3 Å². The Hall–Kier alpha value is -2.64. The van der Waals surface area contributed by atoms with Crippen molar-refractivity contribution in [2.75, 3.05) is 0 Å². The Morgan fingerprint density at radius 2 is 1.80 bits per heavy atom. The number of hydrogen-bond acceptors (Lipinski definition) is 4. The molecule has 0 fully saturated rings. The number of aromatic carboxylic acids is 1. The Bertz CT molecular complexity index is 627. The van der Waals surface area contributed by atoms with Gasteiger partial charge < -0.3 is 9.84 Å². The molecule has 1 heterocycles. The van der Waals surface area contributed by atoms with Crippen molar-refractivity contribution in [3.63, 3.8) is 0 Å². The van der Waals surface area contributed by atoms with Gasteiger partial charge in [-0.25, -0.2) is 14.8 Å². The average molecular weight is 284 g/mol. The lowest BCUT2D eigenvalue weighted by Crippen LogP contribution is -2.16. The minimum atomic E-state index is -4.76. The lowest BCUT2D eigenvalue weighted by Gasteiger charge is -2.09. The Kier molecular flexibility index (Phi) is 3.55. The third-order valence-corrected chi connectivity index (χ3v) is 2.27. The minimum absolute atomic E-state index is 0.203. The summed E-state index contributed by atoms with van der Waals surface area (Å²) in [6.45, 7) is 0. The molecular weight excluding hydrogens is 277 g/mol. The van der Waals surface area contributed by atoms with Crippen molar-refractivity contribution in [2.24, 2.45) is 0 Å². The summed E-state index contributed by atoms with van der Waals surface area (Å²) in [6, 6.07) is 6.14. The fraction of sp³-hybridized carbons (Fsp3) is 0.0833. The molecule has 0 saturated heterocycles. The van der Waals surface area contributed by atoms with E-state index in [1.807, 2.05) is 0 Å². The molecule has 1 N–H and O–H groups in total. The second-order valence-electron chi connectivity index (χ2n) is 3.67. The molecule has 8 heteroatoms. The highest BCUT2D eigenvalue weighted by molar-refractivity contribution is 5.86. The summed E-state index contributed by atoms with van der Waals surface area (Å²) in [6.07, 6.45) is -3.69. The van der Waals surface area contributed by atoms with Gasteiger partial charge in [0.05, 0.1) is 5.69 Å². The average Bonchev–Trinajstić information content (AvgIpc) is 2.38. The lowest BCUT2D eigenvalue weighted by atomic mass is 10.1. The van der Waals surface area contributed by atoms with E-state index in [4.69, 9.17) is 5.11 Å². The van der Waals surface area contributed by atoms with Gasteiger partial charge in [0.15, 0.2) is 5.69 Å². The number of carboxylic acid groups (broad SMARTS) is 1. The van der Waals surface area contributed by atoms with E-state index in [-0.39, 0.29) is 17.1 Å². The van der Waals surface area contributed by atoms with Gasteiger partial charge in [-0.15, -0.1) is 13.2 Å². The molecule has 0 saturated carbocycles. The molecule has 0 bridgehead atoms. The molecule has 2 rings (SSSR count). The van der Waals surface area contributed by atoms with Gasteiger partial charge in [0.25, 0.3) is 0 Å². The third-order valence-electron chi connectivity index (χ3n) is 2.27. The Morgan fingerprint density at radius 1 is 1.15 bits per heavy atom.